The first-order chi connectivity index (χ1) is 8.02. The fraction of sp³-hybridized carbons (Fsp3) is 0.231. The molecule has 1 aromatic carbocycles. The number of aromatic amines is 1. The second-order valence-electron chi connectivity index (χ2n) is 4.18. The highest BCUT2D eigenvalue weighted by molar-refractivity contribution is 5.99. The largest absolute Gasteiger partial charge is 0.376 e. The number of ketones is 1. The number of benzene rings is 1. The van der Waals surface area contributed by atoms with Crippen molar-refractivity contribution in [2.24, 2.45) is 0 Å². The van der Waals surface area contributed by atoms with Crippen LogP contribution in [-0.2, 0) is 0 Å². The van der Waals surface area contributed by atoms with Crippen LogP contribution in [0.25, 0.3) is 10.9 Å². The summed E-state index contributed by atoms with van der Waals surface area (Å²) in [6.07, 6.45) is 1.49. The fourth-order valence-corrected chi connectivity index (χ4v) is 1.87. The van der Waals surface area contributed by atoms with Crippen LogP contribution in [0, 0.1) is 0 Å². The summed E-state index contributed by atoms with van der Waals surface area (Å²) in [4.78, 5) is 28.3. The lowest BCUT2D eigenvalue weighted by Gasteiger charge is -2.15. The summed E-state index contributed by atoms with van der Waals surface area (Å²) in [6.45, 7) is 1.40. The zero-order valence-electron chi connectivity index (χ0n) is 10.1. The lowest BCUT2D eigenvalue weighted by Crippen LogP contribution is -2.16. The lowest BCUT2D eigenvalue weighted by atomic mass is 10.1. The third-order valence-electron chi connectivity index (χ3n) is 2.75. The van der Waals surface area contributed by atoms with Gasteiger partial charge in [-0.1, -0.05) is 6.07 Å². The average Bonchev–Trinajstić information content (AvgIpc) is 2.28. The molecule has 88 valence electrons. The standard InChI is InChI=1S/C13H14N2O2/c1-8(16)10-7-14-12-9(13(10)17)5-4-6-11(12)15(2)3/h4-7H,1-3H3,(H,14,17). The van der Waals surface area contributed by atoms with Gasteiger partial charge in [0.2, 0.25) is 0 Å². The van der Waals surface area contributed by atoms with Crippen LogP contribution in [-0.4, -0.2) is 24.9 Å². The van der Waals surface area contributed by atoms with E-state index in [4.69, 9.17) is 0 Å². The molecule has 4 nitrogen and oxygen atoms in total. The van der Waals surface area contributed by atoms with E-state index >= 15 is 0 Å². The molecule has 1 N–H and O–H groups in total. The van der Waals surface area contributed by atoms with Crippen LogP contribution in [0.1, 0.15) is 17.3 Å². The molecule has 0 spiro atoms. The Morgan fingerprint density at radius 3 is 2.59 bits per heavy atom. The zero-order chi connectivity index (χ0) is 12.6. The minimum absolute atomic E-state index is 0.202. The number of aromatic nitrogens is 1. The van der Waals surface area contributed by atoms with E-state index in [1.54, 1.807) is 6.07 Å². The third kappa shape index (κ3) is 1.82. The van der Waals surface area contributed by atoms with Gasteiger partial charge in [-0.3, -0.25) is 9.59 Å². The van der Waals surface area contributed by atoms with Gasteiger partial charge in [0.25, 0.3) is 0 Å². The summed E-state index contributed by atoms with van der Waals surface area (Å²) >= 11 is 0. The predicted octanol–water partition coefficient (Wildman–Crippen LogP) is 1.80. The van der Waals surface area contributed by atoms with Crippen LogP contribution >= 0.6 is 0 Å². The van der Waals surface area contributed by atoms with E-state index in [0.717, 1.165) is 11.2 Å². The maximum Gasteiger partial charge on any atom is 0.200 e. The van der Waals surface area contributed by atoms with Crippen molar-refractivity contribution in [1.29, 1.82) is 0 Å². The number of nitrogens with zero attached hydrogens (tertiary/aromatic N) is 1. The van der Waals surface area contributed by atoms with Crippen molar-refractivity contribution in [2.45, 2.75) is 6.92 Å². The molecule has 0 aliphatic rings. The van der Waals surface area contributed by atoms with Crippen LogP contribution in [0.15, 0.2) is 29.2 Å². The molecule has 0 saturated heterocycles. The third-order valence-corrected chi connectivity index (χ3v) is 2.75. The van der Waals surface area contributed by atoms with Crippen molar-refractivity contribution in [3.63, 3.8) is 0 Å². The summed E-state index contributed by atoms with van der Waals surface area (Å²) in [5, 5.41) is 0.545. The van der Waals surface area contributed by atoms with Crippen LogP contribution in [0.3, 0.4) is 0 Å². The Bertz CT molecular complexity index is 641. The van der Waals surface area contributed by atoms with Crippen LogP contribution < -0.4 is 10.3 Å². The molecule has 1 heterocycles. The highest BCUT2D eigenvalue weighted by Crippen LogP contribution is 2.21. The first-order valence-electron chi connectivity index (χ1n) is 5.35. The SMILES string of the molecule is CC(=O)c1c[nH]c2c(N(C)C)cccc2c1=O. The fourth-order valence-electron chi connectivity index (χ4n) is 1.87. The molecule has 0 unspecified atom stereocenters. The number of hydrogen-bond donors (Lipinski definition) is 1. The van der Waals surface area contributed by atoms with Gasteiger partial charge in [0.15, 0.2) is 11.2 Å². The first-order valence-corrected chi connectivity index (χ1v) is 5.35. The van der Waals surface area contributed by atoms with Crippen molar-refractivity contribution in [3.8, 4) is 0 Å². The molecular formula is C13H14N2O2. The van der Waals surface area contributed by atoms with Crippen molar-refractivity contribution >= 4 is 22.4 Å². The minimum Gasteiger partial charge on any atom is -0.376 e. The van der Waals surface area contributed by atoms with E-state index in [-0.39, 0.29) is 16.8 Å². The van der Waals surface area contributed by atoms with Gasteiger partial charge >= 0.3 is 0 Å². The number of hydrogen-bond acceptors (Lipinski definition) is 3. The van der Waals surface area contributed by atoms with Gasteiger partial charge in [0.05, 0.1) is 16.8 Å². The van der Waals surface area contributed by atoms with E-state index < -0.39 is 0 Å². The van der Waals surface area contributed by atoms with Gasteiger partial charge in [-0.25, -0.2) is 0 Å². The number of anilines is 1. The Morgan fingerprint density at radius 2 is 2.00 bits per heavy atom. The van der Waals surface area contributed by atoms with E-state index in [1.165, 1.54) is 13.1 Å². The van der Waals surface area contributed by atoms with Gasteiger partial charge in [-0.05, 0) is 19.1 Å². The van der Waals surface area contributed by atoms with Gasteiger partial charge in [0.1, 0.15) is 0 Å². The monoisotopic (exact) mass is 230 g/mol. The molecule has 0 bridgehead atoms. The molecule has 0 saturated carbocycles. The zero-order valence-corrected chi connectivity index (χ0v) is 10.1. The molecule has 0 amide bonds. The average molecular weight is 230 g/mol. The molecule has 1 aromatic heterocycles. The van der Waals surface area contributed by atoms with Crippen molar-refractivity contribution in [3.05, 3.63) is 40.2 Å². The molecule has 4 heteroatoms. The molecule has 0 aliphatic heterocycles. The second kappa shape index (κ2) is 4.05. The maximum atomic E-state index is 12.1. The molecule has 0 fully saturated rings. The molecule has 2 aromatic rings. The maximum absolute atomic E-state index is 12.1. The highest BCUT2D eigenvalue weighted by Gasteiger charge is 2.11. The smallest absolute Gasteiger partial charge is 0.200 e. The molecule has 17 heavy (non-hydrogen) atoms. The number of carbonyl (C=O) groups is 1. The van der Waals surface area contributed by atoms with Crippen molar-refractivity contribution in [1.82, 2.24) is 4.98 Å². The Labute approximate surface area is 98.9 Å². The van der Waals surface area contributed by atoms with E-state index in [9.17, 15) is 9.59 Å². The van der Waals surface area contributed by atoms with Crippen LogP contribution in [0.2, 0.25) is 0 Å². The quantitative estimate of drug-likeness (QED) is 0.800. The summed E-state index contributed by atoms with van der Waals surface area (Å²) in [6, 6.07) is 5.47. The van der Waals surface area contributed by atoms with Gasteiger partial charge in [-0.2, -0.15) is 0 Å². The molecule has 2 rings (SSSR count). The van der Waals surface area contributed by atoms with Crippen molar-refractivity contribution < 1.29 is 4.79 Å². The number of Topliss-reactive ketones (excluding diaryl/α,β-unsaturated/α-hetero) is 1. The highest BCUT2D eigenvalue weighted by atomic mass is 16.1. The Hall–Kier alpha value is -2.10. The first kappa shape index (κ1) is 11.4. The van der Waals surface area contributed by atoms with E-state index in [2.05, 4.69) is 4.98 Å². The number of pyridine rings is 1. The number of rotatable bonds is 2. The Morgan fingerprint density at radius 1 is 1.29 bits per heavy atom. The van der Waals surface area contributed by atoms with Crippen molar-refractivity contribution in [2.75, 3.05) is 19.0 Å². The predicted molar refractivity (Wildman–Crippen MR) is 68.9 cm³/mol. The molecule has 0 radical (unpaired) electrons. The van der Waals surface area contributed by atoms with Crippen LogP contribution in [0.4, 0.5) is 5.69 Å². The lowest BCUT2D eigenvalue weighted by molar-refractivity contribution is 0.101. The van der Waals surface area contributed by atoms with Gasteiger partial charge < -0.3 is 9.88 Å². The summed E-state index contributed by atoms with van der Waals surface area (Å²) in [5.74, 6) is -0.219. The van der Waals surface area contributed by atoms with Crippen LogP contribution in [0.5, 0.6) is 0 Å². The number of para-hydroxylation sites is 1. The molecule has 0 atom stereocenters. The van der Waals surface area contributed by atoms with Gasteiger partial charge in [-0.15, -0.1) is 0 Å². The second-order valence-corrected chi connectivity index (χ2v) is 4.18. The number of nitrogens with one attached hydrogen (secondary N) is 1. The molecule has 0 aliphatic carbocycles. The molecular weight excluding hydrogens is 216 g/mol. The van der Waals surface area contributed by atoms with Gasteiger partial charge in [0, 0.05) is 25.7 Å². The van der Waals surface area contributed by atoms with E-state index in [1.807, 2.05) is 31.1 Å². The normalized spacial score (nSPS) is 10.5. The van der Waals surface area contributed by atoms with E-state index in [0.29, 0.717) is 5.39 Å². The minimum atomic E-state index is -0.219. The summed E-state index contributed by atoms with van der Waals surface area (Å²) < 4.78 is 0. The summed E-state index contributed by atoms with van der Waals surface area (Å²) in [5.41, 5.74) is 1.67. The Kier molecular flexibility index (Phi) is 2.71. The number of H-pyrrole nitrogens is 1. The number of carbonyl (C=O) groups excluding carboxylic acids is 1. The summed E-state index contributed by atoms with van der Waals surface area (Å²) in [7, 11) is 3.82. The number of fused-ring (bicyclic) bond motifs is 1. The topological polar surface area (TPSA) is 53.2 Å². The Balaban J connectivity index is 2.86.